The standard InChI is InChI=1S/C21H21F3N2O4S/c22-16-6-3-8-18(13-16)31(28,29)25-17-7-4-12-26(14-17)20(27)11-10-15-5-1-2-9-19(15)30-21(23)24/h1-3,5-6,8-11,13,17,21,25H,4,7,12,14H2. The van der Waals surface area contributed by atoms with Gasteiger partial charge in [-0.3, -0.25) is 4.79 Å². The topological polar surface area (TPSA) is 75.7 Å². The number of rotatable bonds is 7. The first kappa shape index (κ1) is 22.8. The van der Waals surface area contributed by atoms with Crippen LogP contribution in [0.1, 0.15) is 18.4 Å². The molecule has 0 aliphatic carbocycles. The van der Waals surface area contributed by atoms with Crippen LogP contribution < -0.4 is 9.46 Å². The van der Waals surface area contributed by atoms with Gasteiger partial charge in [0.2, 0.25) is 15.9 Å². The molecule has 1 atom stereocenters. The van der Waals surface area contributed by atoms with Crippen LogP contribution in [0.5, 0.6) is 5.75 Å². The highest BCUT2D eigenvalue weighted by atomic mass is 32.2. The van der Waals surface area contributed by atoms with Crippen LogP contribution in [0.2, 0.25) is 0 Å². The van der Waals surface area contributed by atoms with Gasteiger partial charge in [0.1, 0.15) is 11.6 Å². The van der Waals surface area contributed by atoms with Crippen molar-refractivity contribution in [3.63, 3.8) is 0 Å². The summed E-state index contributed by atoms with van der Waals surface area (Å²) in [7, 11) is -3.94. The Morgan fingerprint density at radius 1 is 1.19 bits per heavy atom. The average Bonchev–Trinajstić information content (AvgIpc) is 2.72. The van der Waals surface area contributed by atoms with Gasteiger partial charge in [0.05, 0.1) is 4.90 Å². The second-order valence-electron chi connectivity index (χ2n) is 6.95. The van der Waals surface area contributed by atoms with Crippen molar-refractivity contribution in [1.29, 1.82) is 0 Å². The summed E-state index contributed by atoms with van der Waals surface area (Å²) in [6.07, 6.45) is 3.70. The third-order valence-corrected chi connectivity index (χ3v) is 6.22. The van der Waals surface area contributed by atoms with E-state index >= 15 is 0 Å². The number of benzene rings is 2. The van der Waals surface area contributed by atoms with Crippen LogP contribution in [0.3, 0.4) is 0 Å². The van der Waals surface area contributed by atoms with Gasteiger partial charge in [-0.05, 0) is 43.2 Å². The van der Waals surface area contributed by atoms with Crippen molar-refractivity contribution in [1.82, 2.24) is 9.62 Å². The molecular formula is C21H21F3N2O4S. The van der Waals surface area contributed by atoms with E-state index in [0.29, 0.717) is 24.9 Å². The molecule has 1 heterocycles. The van der Waals surface area contributed by atoms with E-state index in [4.69, 9.17) is 0 Å². The number of carbonyl (C=O) groups is 1. The number of carbonyl (C=O) groups excluding carboxylic acids is 1. The van der Waals surface area contributed by atoms with Crippen LogP contribution in [0.15, 0.2) is 59.5 Å². The van der Waals surface area contributed by atoms with Gasteiger partial charge < -0.3 is 9.64 Å². The molecule has 1 aliphatic rings. The zero-order valence-electron chi connectivity index (χ0n) is 16.4. The van der Waals surface area contributed by atoms with E-state index in [1.54, 1.807) is 6.07 Å². The van der Waals surface area contributed by atoms with E-state index in [2.05, 4.69) is 9.46 Å². The molecule has 166 valence electrons. The number of ether oxygens (including phenoxy) is 1. The number of likely N-dealkylation sites (tertiary alicyclic amines) is 1. The van der Waals surface area contributed by atoms with Crippen molar-refractivity contribution < 1.29 is 31.1 Å². The minimum absolute atomic E-state index is 0.0547. The van der Waals surface area contributed by atoms with Crippen LogP contribution in [-0.4, -0.2) is 45.0 Å². The van der Waals surface area contributed by atoms with Gasteiger partial charge in [-0.15, -0.1) is 0 Å². The second kappa shape index (κ2) is 9.97. The predicted octanol–water partition coefficient (Wildman–Crippen LogP) is 3.41. The maximum absolute atomic E-state index is 13.4. The Hall–Kier alpha value is -2.85. The van der Waals surface area contributed by atoms with Crippen LogP contribution in [0.4, 0.5) is 13.2 Å². The molecule has 3 rings (SSSR count). The third kappa shape index (κ3) is 6.31. The van der Waals surface area contributed by atoms with Gasteiger partial charge in [-0.2, -0.15) is 8.78 Å². The summed E-state index contributed by atoms with van der Waals surface area (Å²) in [5, 5.41) is 0. The summed E-state index contributed by atoms with van der Waals surface area (Å²) in [5.41, 5.74) is 0.316. The molecular weight excluding hydrogens is 433 g/mol. The van der Waals surface area contributed by atoms with Crippen LogP contribution in [0.25, 0.3) is 6.08 Å². The molecule has 1 saturated heterocycles. The number of piperidine rings is 1. The lowest BCUT2D eigenvalue weighted by Gasteiger charge is -2.32. The quantitative estimate of drug-likeness (QED) is 0.651. The molecule has 1 N–H and O–H groups in total. The number of nitrogens with zero attached hydrogens (tertiary/aromatic N) is 1. The SMILES string of the molecule is O=C(C=Cc1ccccc1OC(F)F)N1CCCC(NS(=O)(=O)c2cccc(F)c2)C1. The summed E-state index contributed by atoms with van der Waals surface area (Å²) in [6, 6.07) is 10.2. The van der Waals surface area contributed by atoms with E-state index in [-0.39, 0.29) is 23.1 Å². The molecule has 1 aliphatic heterocycles. The molecule has 0 aromatic heterocycles. The zero-order valence-corrected chi connectivity index (χ0v) is 17.2. The first-order chi connectivity index (χ1) is 14.7. The maximum Gasteiger partial charge on any atom is 0.387 e. The highest BCUT2D eigenvalue weighted by Gasteiger charge is 2.27. The van der Waals surface area contributed by atoms with E-state index in [0.717, 1.165) is 12.1 Å². The van der Waals surface area contributed by atoms with Crippen LogP contribution in [0, 0.1) is 5.82 Å². The number of hydrogen-bond acceptors (Lipinski definition) is 4. The van der Waals surface area contributed by atoms with Crippen molar-refractivity contribution in [3.8, 4) is 5.75 Å². The highest BCUT2D eigenvalue weighted by molar-refractivity contribution is 7.89. The number of alkyl halides is 2. The number of amides is 1. The summed E-state index contributed by atoms with van der Waals surface area (Å²) < 4.78 is 70.3. The molecule has 10 heteroatoms. The minimum atomic E-state index is -3.94. The summed E-state index contributed by atoms with van der Waals surface area (Å²) in [4.78, 5) is 13.8. The Balaban J connectivity index is 1.65. The summed E-state index contributed by atoms with van der Waals surface area (Å²) in [5.74, 6) is -1.10. The lowest BCUT2D eigenvalue weighted by molar-refractivity contribution is -0.127. The average molecular weight is 454 g/mol. The number of halogens is 3. The van der Waals surface area contributed by atoms with Crippen molar-refractivity contribution in [2.75, 3.05) is 13.1 Å². The molecule has 2 aromatic carbocycles. The van der Waals surface area contributed by atoms with Gasteiger partial charge in [0.15, 0.2) is 0 Å². The normalized spacial score (nSPS) is 17.3. The molecule has 0 saturated carbocycles. The Morgan fingerprint density at radius 2 is 1.97 bits per heavy atom. The molecule has 0 bridgehead atoms. The second-order valence-corrected chi connectivity index (χ2v) is 8.67. The van der Waals surface area contributed by atoms with Crippen molar-refractivity contribution in [2.45, 2.75) is 30.4 Å². The molecule has 0 spiro atoms. The fourth-order valence-corrected chi connectivity index (χ4v) is 4.58. The first-order valence-electron chi connectivity index (χ1n) is 9.53. The van der Waals surface area contributed by atoms with Crippen molar-refractivity contribution >= 4 is 22.0 Å². The van der Waals surface area contributed by atoms with Gasteiger partial charge in [0.25, 0.3) is 0 Å². The van der Waals surface area contributed by atoms with E-state index in [1.807, 2.05) is 0 Å². The van der Waals surface area contributed by atoms with Gasteiger partial charge in [0, 0.05) is 30.8 Å². The number of nitrogens with one attached hydrogen (secondary N) is 1. The van der Waals surface area contributed by atoms with E-state index < -0.39 is 28.5 Å². The monoisotopic (exact) mass is 454 g/mol. The molecule has 1 fully saturated rings. The molecule has 2 aromatic rings. The van der Waals surface area contributed by atoms with Gasteiger partial charge in [-0.25, -0.2) is 17.5 Å². The van der Waals surface area contributed by atoms with Crippen LogP contribution >= 0.6 is 0 Å². The third-order valence-electron chi connectivity index (χ3n) is 4.70. The Morgan fingerprint density at radius 3 is 2.71 bits per heavy atom. The maximum atomic E-state index is 13.4. The Bertz CT molecular complexity index is 1060. The van der Waals surface area contributed by atoms with E-state index in [9.17, 15) is 26.4 Å². The predicted molar refractivity (Wildman–Crippen MR) is 108 cm³/mol. The van der Waals surface area contributed by atoms with Crippen LogP contribution in [-0.2, 0) is 14.8 Å². The largest absolute Gasteiger partial charge is 0.434 e. The van der Waals surface area contributed by atoms with Gasteiger partial charge >= 0.3 is 6.61 Å². The first-order valence-corrected chi connectivity index (χ1v) is 11.0. The Kier molecular flexibility index (Phi) is 7.34. The fraction of sp³-hybridized carbons (Fsp3) is 0.286. The highest BCUT2D eigenvalue weighted by Crippen LogP contribution is 2.22. The minimum Gasteiger partial charge on any atom is -0.434 e. The number of para-hydroxylation sites is 1. The smallest absolute Gasteiger partial charge is 0.387 e. The zero-order chi connectivity index (χ0) is 22.4. The van der Waals surface area contributed by atoms with Crippen molar-refractivity contribution in [2.24, 2.45) is 0 Å². The van der Waals surface area contributed by atoms with Crippen molar-refractivity contribution in [3.05, 3.63) is 66.0 Å². The number of hydrogen-bond donors (Lipinski definition) is 1. The molecule has 1 unspecified atom stereocenters. The Labute approximate surface area is 178 Å². The molecule has 6 nitrogen and oxygen atoms in total. The number of sulfonamides is 1. The molecule has 31 heavy (non-hydrogen) atoms. The summed E-state index contributed by atoms with van der Waals surface area (Å²) >= 11 is 0. The lowest BCUT2D eigenvalue weighted by atomic mass is 10.1. The fourth-order valence-electron chi connectivity index (χ4n) is 3.28. The lowest BCUT2D eigenvalue weighted by Crippen LogP contribution is -2.49. The van der Waals surface area contributed by atoms with E-state index in [1.165, 1.54) is 47.4 Å². The molecule has 0 radical (unpaired) electrons. The molecule has 1 amide bonds. The summed E-state index contributed by atoms with van der Waals surface area (Å²) in [6.45, 7) is -2.43. The van der Waals surface area contributed by atoms with Gasteiger partial charge in [-0.1, -0.05) is 24.3 Å².